The van der Waals surface area contributed by atoms with Crippen LogP contribution in [0, 0.1) is 0 Å². The minimum Gasteiger partial charge on any atom is -0.462 e. The first-order valence-electron chi connectivity index (χ1n) is 24.4. The molecular formula is C49H90O10. The standard InChI is InChI=1S/C49H90O10/c1-3-5-7-9-11-13-15-17-19-21-23-25-27-29-31-33-35-37-44(51)56-40-42(41-57-49-48(55)47(54)46(53)43(39-50)59-49)58-45(52)38-36-34-32-30-28-26-24-22-20-18-16-14-12-10-8-6-4-2/h17-20,42-43,46-50,53-55H,3-16,21-41H2,1-2H3/b19-17+,20-18+/t42-,43-,46+,47+,48-,49-/m1/s1. The average molecular weight is 839 g/mol. The molecule has 1 fully saturated rings. The summed E-state index contributed by atoms with van der Waals surface area (Å²) in [4.78, 5) is 25.4. The highest BCUT2D eigenvalue weighted by molar-refractivity contribution is 5.70. The van der Waals surface area contributed by atoms with Gasteiger partial charge in [0.15, 0.2) is 12.4 Å². The molecule has 0 aromatic heterocycles. The third-order valence-electron chi connectivity index (χ3n) is 11.3. The van der Waals surface area contributed by atoms with E-state index in [9.17, 15) is 30.0 Å². The van der Waals surface area contributed by atoms with Crippen LogP contribution in [-0.4, -0.2) is 89.0 Å². The lowest BCUT2D eigenvalue weighted by Gasteiger charge is -2.39. The smallest absolute Gasteiger partial charge is 0.306 e. The predicted molar refractivity (Wildman–Crippen MR) is 238 cm³/mol. The molecule has 0 aliphatic carbocycles. The summed E-state index contributed by atoms with van der Waals surface area (Å²) in [5.41, 5.74) is 0. The number of aliphatic hydroxyl groups is 4. The molecule has 1 heterocycles. The van der Waals surface area contributed by atoms with E-state index < -0.39 is 49.4 Å². The van der Waals surface area contributed by atoms with E-state index in [1.807, 2.05) is 0 Å². The molecule has 0 saturated carbocycles. The quantitative estimate of drug-likeness (QED) is 0.0266. The molecule has 0 unspecified atom stereocenters. The fourth-order valence-electron chi connectivity index (χ4n) is 7.41. The largest absolute Gasteiger partial charge is 0.462 e. The van der Waals surface area contributed by atoms with Crippen molar-refractivity contribution in [2.75, 3.05) is 19.8 Å². The molecule has 346 valence electrons. The maximum atomic E-state index is 12.8. The van der Waals surface area contributed by atoms with Gasteiger partial charge < -0.3 is 39.4 Å². The van der Waals surface area contributed by atoms with Crippen molar-refractivity contribution >= 4 is 11.9 Å². The van der Waals surface area contributed by atoms with E-state index in [-0.39, 0.29) is 32.0 Å². The van der Waals surface area contributed by atoms with Crippen molar-refractivity contribution in [1.29, 1.82) is 0 Å². The predicted octanol–water partition coefficient (Wildman–Crippen LogP) is 10.9. The Morgan fingerprint density at radius 2 is 0.898 bits per heavy atom. The molecule has 0 spiro atoms. The van der Waals surface area contributed by atoms with Crippen molar-refractivity contribution in [1.82, 2.24) is 0 Å². The van der Waals surface area contributed by atoms with Gasteiger partial charge in [0.1, 0.15) is 31.0 Å². The van der Waals surface area contributed by atoms with Gasteiger partial charge in [-0.1, -0.05) is 167 Å². The van der Waals surface area contributed by atoms with Crippen molar-refractivity contribution in [2.24, 2.45) is 0 Å². The van der Waals surface area contributed by atoms with Crippen LogP contribution in [0.25, 0.3) is 0 Å². The Hall–Kier alpha value is -1.82. The molecule has 0 bridgehead atoms. The minimum absolute atomic E-state index is 0.219. The second-order valence-corrected chi connectivity index (χ2v) is 16.9. The van der Waals surface area contributed by atoms with Gasteiger partial charge in [-0.2, -0.15) is 0 Å². The van der Waals surface area contributed by atoms with Crippen LogP contribution >= 0.6 is 0 Å². The number of hydrogen-bond acceptors (Lipinski definition) is 10. The first kappa shape index (κ1) is 55.2. The van der Waals surface area contributed by atoms with Crippen molar-refractivity contribution in [3.8, 4) is 0 Å². The lowest BCUT2D eigenvalue weighted by Crippen LogP contribution is -2.59. The monoisotopic (exact) mass is 839 g/mol. The van der Waals surface area contributed by atoms with Gasteiger partial charge in [-0.25, -0.2) is 0 Å². The zero-order chi connectivity index (χ0) is 43.0. The lowest BCUT2D eigenvalue weighted by atomic mass is 9.99. The van der Waals surface area contributed by atoms with Crippen LogP contribution in [0.3, 0.4) is 0 Å². The van der Waals surface area contributed by atoms with Gasteiger partial charge in [-0.3, -0.25) is 9.59 Å². The van der Waals surface area contributed by atoms with Crippen LogP contribution < -0.4 is 0 Å². The summed E-state index contributed by atoms with van der Waals surface area (Å²) in [6, 6.07) is 0. The molecule has 1 aliphatic rings. The van der Waals surface area contributed by atoms with Gasteiger partial charge in [0.05, 0.1) is 13.2 Å². The fraction of sp³-hybridized carbons (Fsp3) is 0.878. The molecule has 0 aromatic rings. The first-order chi connectivity index (χ1) is 28.8. The fourth-order valence-corrected chi connectivity index (χ4v) is 7.41. The maximum Gasteiger partial charge on any atom is 0.306 e. The molecule has 0 aromatic carbocycles. The Morgan fingerprint density at radius 3 is 1.32 bits per heavy atom. The van der Waals surface area contributed by atoms with Crippen LogP contribution in [0.4, 0.5) is 0 Å². The molecule has 0 radical (unpaired) electrons. The molecule has 1 rings (SSSR count). The normalized spacial score (nSPS) is 20.1. The highest BCUT2D eigenvalue weighted by Crippen LogP contribution is 2.23. The van der Waals surface area contributed by atoms with Gasteiger partial charge in [0.2, 0.25) is 0 Å². The number of aliphatic hydroxyl groups excluding tert-OH is 4. The molecule has 59 heavy (non-hydrogen) atoms. The Bertz CT molecular complexity index is 1020. The van der Waals surface area contributed by atoms with E-state index in [2.05, 4.69) is 38.2 Å². The van der Waals surface area contributed by atoms with Crippen molar-refractivity contribution < 1.29 is 49.0 Å². The first-order valence-corrected chi connectivity index (χ1v) is 24.4. The van der Waals surface area contributed by atoms with Gasteiger partial charge in [-0.15, -0.1) is 0 Å². The number of rotatable bonds is 41. The zero-order valence-electron chi connectivity index (χ0n) is 37.8. The third-order valence-corrected chi connectivity index (χ3v) is 11.3. The molecule has 1 saturated heterocycles. The summed E-state index contributed by atoms with van der Waals surface area (Å²) in [6.07, 6.45) is 37.5. The van der Waals surface area contributed by atoms with Crippen LogP contribution in [-0.2, 0) is 28.5 Å². The summed E-state index contributed by atoms with van der Waals surface area (Å²) in [5, 5.41) is 40.1. The number of allylic oxidation sites excluding steroid dienone is 4. The highest BCUT2D eigenvalue weighted by atomic mass is 16.7. The number of hydrogen-bond donors (Lipinski definition) is 4. The van der Waals surface area contributed by atoms with E-state index >= 15 is 0 Å². The maximum absolute atomic E-state index is 12.8. The number of carbonyl (C=O) groups is 2. The number of esters is 2. The Morgan fingerprint density at radius 1 is 0.508 bits per heavy atom. The van der Waals surface area contributed by atoms with Crippen LogP contribution in [0.2, 0.25) is 0 Å². The van der Waals surface area contributed by atoms with E-state index in [0.29, 0.717) is 6.42 Å². The van der Waals surface area contributed by atoms with Crippen molar-refractivity contribution in [2.45, 2.75) is 256 Å². The van der Waals surface area contributed by atoms with E-state index in [1.54, 1.807) is 0 Å². The van der Waals surface area contributed by atoms with Crippen molar-refractivity contribution in [3.05, 3.63) is 24.3 Å². The van der Waals surface area contributed by atoms with Crippen LogP contribution in [0.5, 0.6) is 0 Å². The number of ether oxygens (including phenoxy) is 4. The van der Waals surface area contributed by atoms with Crippen LogP contribution in [0.1, 0.15) is 219 Å². The summed E-state index contributed by atoms with van der Waals surface area (Å²) < 4.78 is 22.2. The van der Waals surface area contributed by atoms with E-state index in [0.717, 1.165) is 57.8 Å². The molecule has 6 atom stereocenters. The van der Waals surface area contributed by atoms with Gasteiger partial charge in [0.25, 0.3) is 0 Å². The average Bonchev–Trinajstić information content (AvgIpc) is 3.23. The molecule has 4 N–H and O–H groups in total. The summed E-state index contributed by atoms with van der Waals surface area (Å²) >= 11 is 0. The molecule has 1 aliphatic heterocycles. The summed E-state index contributed by atoms with van der Waals surface area (Å²) in [7, 11) is 0. The molecule has 0 amide bonds. The Kier molecular flexibility index (Phi) is 37.7. The van der Waals surface area contributed by atoms with Crippen molar-refractivity contribution in [3.63, 3.8) is 0 Å². The molecule has 10 nitrogen and oxygen atoms in total. The minimum atomic E-state index is -1.59. The highest BCUT2D eigenvalue weighted by Gasteiger charge is 2.44. The number of unbranched alkanes of at least 4 members (excludes halogenated alkanes) is 26. The van der Waals surface area contributed by atoms with Gasteiger partial charge in [0, 0.05) is 12.8 Å². The van der Waals surface area contributed by atoms with E-state index in [4.69, 9.17) is 18.9 Å². The Balaban J connectivity index is 2.29. The number of carbonyl (C=O) groups excluding carboxylic acids is 2. The lowest BCUT2D eigenvalue weighted by molar-refractivity contribution is -0.305. The SMILES string of the molecule is CCCCCCCC/C=C/CCCCCCCCCC(=O)OC[C@H](CO[C@@H]1O[C@H](CO)[C@H](O)[C@H](O)[C@H]1O)OC(=O)CCCCCCCCC/C=C/CCCCCCCC. The molecule has 10 heteroatoms. The van der Waals surface area contributed by atoms with Gasteiger partial charge >= 0.3 is 11.9 Å². The second kappa shape index (κ2) is 40.3. The molecular weight excluding hydrogens is 749 g/mol. The van der Waals surface area contributed by atoms with E-state index in [1.165, 1.54) is 128 Å². The zero-order valence-corrected chi connectivity index (χ0v) is 37.8. The summed E-state index contributed by atoms with van der Waals surface area (Å²) in [6.45, 7) is 3.43. The third kappa shape index (κ3) is 31.7. The second-order valence-electron chi connectivity index (χ2n) is 16.9. The van der Waals surface area contributed by atoms with Gasteiger partial charge in [-0.05, 0) is 64.2 Å². The van der Waals surface area contributed by atoms with Crippen LogP contribution in [0.15, 0.2) is 24.3 Å². The topological polar surface area (TPSA) is 152 Å². The summed E-state index contributed by atoms with van der Waals surface area (Å²) in [5.74, 6) is -0.809. The Labute approximate surface area is 360 Å².